The van der Waals surface area contributed by atoms with Gasteiger partial charge in [-0.15, -0.1) is 0 Å². The highest BCUT2D eigenvalue weighted by Crippen LogP contribution is 2.14. The molecule has 0 saturated carbocycles. The van der Waals surface area contributed by atoms with Crippen LogP contribution in [-0.2, 0) is 9.53 Å². The minimum atomic E-state index is 0.108. The second kappa shape index (κ2) is 9.26. The van der Waals surface area contributed by atoms with E-state index in [1.807, 2.05) is 0 Å². The van der Waals surface area contributed by atoms with Gasteiger partial charge in [0.2, 0.25) is 0 Å². The van der Waals surface area contributed by atoms with E-state index in [2.05, 4.69) is 0 Å². The maximum Gasteiger partial charge on any atom is 0.162 e. The van der Waals surface area contributed by atoms with Crippen LogP contribution in [-0.4, -0.2) is 31.9 Å². The molecule has 0 heterocycles. The molecule has 0 aromatic heterocycles. The Hall–Kier alpha value is -1.68. The van der Waals surface area contributed by atoms with Crippen molar-refractivity contribution in [3.8, 4) is 5.75 Å². The molecule has 0 amide bonds. The van der Waals surface area contributed by atoms with Gasteiger partial charge >= 0.3 is 0 Å². The van der Waals surface area contributed by atoms with Crippen molar-refractivity contribution in [2.75, 3.05) is 20.3 Å². The number of benzene rings is 1. The monoisotopic (exact) mass is 278 g/mol. The Morgan fingerprint density at radius 2 is 1.65 bits per heavy atom. The SMILES string of the molecule is COCCOc1ccc(C(=O)CCCCC(C)=O)cc1. The first-order chi connectivity index (χ1) is 9.63. The van der Waals surface area contributed by atoms with E-state index in [1.165, 1.54) is 0 Å². The normalized spacial score (nSPS) is 10.3. The smallest absolute Gasteiger partial charge is 0.162 e. The summed E-state index contributed by atoms with van der Waals surface area (Å²) >= 11 is 0. The van der Waals surface area contributed by atoms with Crippen LogP contribution in [0, 0.1) is 0 Å². The van der Waals surface area contributed by atoms with Crippen molar-refractivity contribution in [3.05, 3.63) is 29.8 Å². The summed E-state index contributed by atoms with van der Waals surface area (Å²) in [4.78, 5) is 22.7. The van der Waals surface area contributed by atoms with Crippen LogP contribution in [0.3, 0.4) is 0 Å². The van der Waals surface area contributed by atoms with E-state index in [0.29, 0.717) is 31.6 Å². The fourth-order valence-electron chi connectivity index (χ4n) is 1.78. The molecule has 0 aliphatic heterocycles. The Morgan fingerprint density at radius 1 is 1.00 bits per heavy atom. The average molecular weight is 278 g/mol. The van der Waals surface area contributed by atoms with Gasteiger partial charge in [-0.25, -0.2) is 0 Å². The molecule has 0 radical (unpaired) electrons. The third kappa shape index (κ3) is 6.48. The van der Waals surface area contributed by atoms with E-state index in [0.717, 1.165) is 18.6 Å². The molecule has 1 aromatic carbocycles. The second-order valence-corrected chi connectivity index (χ2v) is 4.70. The Morgan fingerprint density at radius 3 is 2.25 bits per heavy atom. The number of methoxy groups -OCH3 is 1. The molecule has 0 spiro atoms. The number of unbranched alkanes of at least 4 members (excludes halogenated alkanes) is 1. The number of hydrogen-bond donors (Lipinski definition) is 0. The number of Topliss-reactive ketones (excluding diaryl/α,β-unsaturated/α-hetero) is 2. The minimum absolute atomic E-state index is 0.108. The predicted molar refractivity (Wildman–Crippen MR) is 77.3 cm³/mol. The van der Waals surface area contributed by atoms with E-state index >= 15 is 0 Å². The maximum atomic E-state index is 11.9. The Kier molecular flexibility index (Phi) is 7.58. The topological polar surface area (TPSA) is 52.6 Å². The largest absolute Gasteiger partial charge is 0.491 e. The Labute approximate surface area is 120 Å². The summed E-state index contributed by atoms with van der Waals surface area (Å²) < 4.78 is 10.3. The van der Waals surface area contributed by atoms with Crippen molar-refractivity contribution in [1.82, 2.24) is 0 Å². The summed E-state index contributed by atoms with van der Waals surface area (Å²) in [5, 5.41) is 0. The molecule has 20 heavy (non-hydrogen) atoms. The Balaban J connectivity index is 2.35. The van der Waals surface area contributed by atoms with E-state index in [-0.39, 0.29) is 11.6 Å². The lowest BCUT2D eigenvalue weighted by Crippen LogP contribution is -2.04. The van der Waals surface area contributed by atoms with Crippen LogP contribution in [0.5, 0.6) is 5.75 Å². The zero-order valence-electron chi connectivity index (χ0n) is 12.2. The van der Waals surface area contributed by atoms with Gasteiger partial charge in [-0.1, -0.05) is 0 Å². The molecule has 1 aromatic rings. The molecular formula is C16H22O4. The van der Waals surface area contributed by atoms with Gasteiger partial charge in [0.05, 0.1) is 6.61 Å². The Bertz CT molecular complexity index is 423. The van der Waals surface area contributed by atoms with Crippen molar-refractivity contribution in [3.63, 3.8) is 0 Å². The second-order valence-electron chi connectivity index (χ2n) is 4.70. The average Bonchev–Trinajstić information content (AvgIpc) is 2.44. The van der Waals surface area contributed by atoms with Crippen LogP contribution >= 0.6 is 0 Å². The number of ether oxygens (including phenoxy) is 2. The lowest BCUT2D eigenvalue weighted by molar-refractivity contribution is -0.117. The lowest BCUT2D eigenvalue weighted by atomic mass is 10.0. The van der Waals surface area contributed by atoms with Crippen LogP contribution in [0.4, 0.5) is 0 Å². The van der Waals surface area contributed by atoms with Gasteiger partial charge in [0.15, 0.2) is 5.78 Å². The lowest BCUT2D eigenvalue weighted by Gasteiger charge is -2.06. The van der Waals surface area contributed by atoms with Crippen LogP contribution in [0.15, 0.2) is 24.3 Å². The molecule has 0 aliphatic rings. The highest BCUT2D eigenvalue weighted by atomic mass is 16.5. The molecule has 1 rings (SSSR count). The third-order valence-electron chi connectivity index (χ3n) is 2.92. The molecule has 0 bridgehead atoms. The third-order valence-corrected chi connectivity index (χ3v) is 2.92. The first-order valence-corrected chi connectivity index (χ1v) is 6.88. The van der Waals surface area contributed by atoms with Gasteiger partial charge in [0.1, 0.15) is 18.1 Å². The molecule has 0 fully saturated rings. The van der Waals surface area contributed by atoms with Crippen LogP contribution < -0.4 is 4.74 Å². The number of carbonyl (C=O) groups excluding carboxylic acids is 2. The molecule has 0 aliphatic carbocycles. The quantitative estimate of drug-likeness (QED) is 0.487. The molecule has 0 N–H and O–H groups in total. The van der Waals surface area contributed by atoms with Crippen molar-refractivity contribution >= 4 is 11.6 Å². The number of hydrogen-bond acceptors (Lipinski definition) is 4. The highest BCUT2D eigenvalue weighted by molar-refractivity contribution is 5.96. The van der Waals surface area contributed by atoms with Crippen molar-refractivity contribution in [2.24, 2.45) is 0 Å². The molecule has 110 valence electrons. The summed E-state index contributed by atoms with van der Waals surface area (Å²) in [6.45, 7) is 2.61. The van der Waals surface area contributed by atoms with E-state index in [9.17, 15) is 9.59 Å². The van der Waals surface area contributed by atoms with E-state index in [1.54, 1.807) is 38.3 Å². The van der Waals surface area contributed by atoms with Gasteiger partial charge in [-0.05, 0) is 44.0 Å². The van der Waals surface area contributed by atoms with E-state index < -0.39 is 0 Å². The number of carbonyl (C=O) groups is 2. The standard InChI is InChI=1S/C16H22O4/c1-13(17)5-3-4-6-16(18)14-7-9-15(10-8-14)20-12-11-19-2/h7-10H,3-6,11-12H2,1-2H3. The molecule has 4 heteroatoms. The zero-order chi connectivity index (χ0) is 14.8. The zero-order valence-corrected chi connectivity index (χ0v) is 12.2. The van der Waals surface area contributed by atoms with Crippen LogP contribution in [0.1, 0.15) is 43.0 Å². The molecular weight excluding hydrogens is 256 g/mol. The van der Waals surface area contributed by atoms with Crippen molar-refractivity contribution in [1.29, 1.82) is 0 Å². The fraction of sp³-hybridized carbons (Fsp3) is 0.500. The van der Waals surface area contributed by atoms with Gasteiger partial charge in [-0.3, -0.25) is 4.79 Å². The maximum absolute atomic E-state index is 11.9. The first-order valence-electron chi connectivity index (χ1n) is 6.88. The van der Waals surface area contributed by atoms with Gasteiger partial charge in [0, 0.05) is 25.5 Å². The summed E-state index contributed by atoms with van der Waals surface area (Å²) in [7, 11) is 1.62. The molecule has 4 nitrogen and oxygen atoms in total. The van der Waals surface area contributed by atoms with Crippen LogP contribution in [0.25, 0.3) is 0 Å². The molecule has 0 atom stereocenters. The number of rotatable bonds is 10. The first kappa shape index (κ1) is 16.4. The fourth-order valence-corrected chi connectivity index (χ4v) is 1.78. The summed E-state index contributed by atoms with van der Waals surface area (Å²) in [6.07, 6.45) is 2.57. The van der Waals surface area contributed by atoms with Gasteiger partial charge < -0.3 is 14.3 Å². The molecule has 0 saturated heterocycles. The number of ketones is 2. The molecule has 0 unspecified atom stereocenters. The summed E-state index contributed by atoms with van der Waals surface area (Å²) in [5.41, 5.74) is 0.687. The van der Waals surface area contributed by atoms with Crippen LogP contribution in [0.2, 0.25) is 0 Å². The highest BCUT2D eigenvalue weighted by Gasteiger charge is 2.06. The summed E-state index contributed by atoms with van der Waals surface area (Å²) in [5.74, 6) is 1.02. The van der Waals surface area contributed by atoms with Gasteiger partial charge in [-0.2, -0.15) is 0 Å². The minimum Gasteiger partial charge on any atom is -0.491 e. The van der Waals surface area contributed by atoms with E-state index in [4.69, 9.17) is 9.47 Å². The van der Waals surface area contributed by atoms with Crippen molar-refractivity contribution in [2.45, 2.75) is 32.6 Å². The predicted octanol–water partition coefficient (Wildman–Crippen LogP) is 3.04. The van der Waals surface area contributed by atoms with Crippen molar-refractivity contribution < 1.29 is 19.1 Å². The van der Waals surface area contributed by atoms with Gasteiger partial charge in [0.25, 0.3) is 0 Å². The summed E-state index contributed by atoms with van der Waals surface area (Å²) in [6, 6.07) is 7.13.